The molecule has 0 aliphatic heterocycles. The summed E-state index contributed by atoms with van der Waals surface area (Å²) in [5, 5.41) is 20.0. The Morgan fingerprint density at radius 1 is 0.476 bits per heavy atom. The number of primary amides is 1. The summed E-state index contributed by atoms with van der Waals surface area (Å²) in [7, 11) is 10.0. The molecule has 13 atom stereocenters. The Labute approximate surface area is 503 Å². The predicted octanol–water partition coefficient (Wildman–Crippen LogP) is 3.26. The van der Waals surface area contributed by atoms with Gasteiger partial charge in [-0.15, -0.1) is 0 Å². The Morgan fingerprint density at radius 2 is 0.940 bits per heavy atom. The monoisotopic (exact) mass is 1190 g/mol. The number of allylic oxidation sites excluding steroid dienone is 2. The normalized spacial score (nSPS) is 16.3. The summed E-state index contributed by atoms with van der Waals surface area (Å²) in [6, 6.07) is -10.5. The highest BCUT2D eigenvalue weighted by atomic mass is 16.3. The first-order valence-electron chi connectivity index (χ1n) is 30.0. The second kappa shape index (κ2) is 36.0. The predicted molar refractivity (Wildman–Crippen MR) is 326 cm³/mol. The van der Waals surface area contributed by atoms with Crippen molar-refractivity contribution in [3.63, 3.8) is 0 Å². The average Bonchev–Trinajstić information content (AvgIpc) is 3.28. The lowest BCUT2D eigenvalue weighted by Crippen LogP contribution is -2.63. The van der Waals surface area contributed by atoms with Gasteiger partial charge in [-0.3, -0.25) is 52.7 Å². The van der Waals surface area contributed by atoms with E-state index in [4.69, 9.17) is 5.73 Å². The standard InChI is InChI=1S/C61H111N11O12/c1-25-28-29-39(13)51(74)50(55(78)65-44(27-3)58(81)66(18)33-47(73)70(22)49(52(62)75)38(12)26-2)72(24)61(84)48(37(10)11)71(23)60(83)46(32-36(8)9)69(21)59(82)45(31-35(6)7)68(20)57(80)42(16)64-53(76)41(15)63-54(77)43(17)67(19)56(79)40(14)30-34(4)5/h25,28,34-46,48-51,74H,26-27,29-33H2,1-24H3,(H2,62,75)(H,63,77)(H,64,76)(H,65,78)/b28-25-/t38?,39-,40-,41-,42+,43+,44+,45-,46-,48+,49+,50?,51+/m1/s1. The van der Waals surface area contributed by atoms with Crippen LogP contribution < -0.4 is 21.7 Å². The van der Waals surface area contributed by atoms with Crippen LogP contribution in [0.4, 0.5) is 0 Å². The summed E-state index contributed by atoms with van der Waals surface area (Å²) in [6.45, 7) is 29.5. The van der Waals surface area contributed by atoms with Gasteiger partial charge < -0.3 is 61.1 Å². The molecule has 0 aromatic carbocycles. The third kappa shape index (κ3) is 22.4. The molecular formula is C61H111N11O12. The van der Waals surface area contributed by atoms with Crippen molar-refractivity contribution in [2.75, 3.05) is 55.9 Å². The molecule has 482 valence electrons. The summed E-state index contributed by atoms with van der Waals surface area (Å²) < 4.78 is 0. The van der Waals surface area contributed by atoms with Crippen molar-refractivity contribution in [3.05, 3.63) is 12.2 Å². The van der Waals surface area contributed by atoms with E-state index in [9.17, 15) is 48.3 Å². The number of nitrogens with zero attached hydrogens (tertiary/aromatic N) is 7. The summed E-state index contributed by atoms with van der Waals surface area (Å²) in [5.41, 5.74) is 5.65. The fourth-order valence-corrected chi connectivity index (χ4v) is 10.4. The van der Waals surface area contributed by atoms with Crippen LogP contribution in [0.3, 0.4) is 0 Å². The van der Waals surface area contributed by atoms with Crippen LogP contribution in [-0.4, -0.2) is 221 Å². The van der Waals surface area contributed by atoms with Crippen molar-refractivity contribution in [3.8, 4) is 0 Å². The van der Waals surface area contributed by atoms with E-state index in [1.807, 2.05) is 48.5 Å². The maximum Gasteiger partial charge on any atom is 0.246 e. The summed E-state index contributed by atoms with van der Waals surface area (Å²) in [6.07, 6.45) is 3.97. The minimum absolute atomic E-state index is 0.0548. The summed E-state index contributed by atoms with van der Waals surface area (Å²) >= 11 is 0. The number of amides is 11. The zero-order chi connectivity index (χ0) is 65.7. The van der Waals surface area contributed by atoms with Crippen molar-refractivity contribution in [1.82, 2.24) is 50.2 Å². The molecule has 84 heavy (non-hydrogen) atoms. The van der Waals surface area contributed by atoms with Crippen LogP contribution in [0.25, 0.3) is 0 Å². The molecule has 0 saturated carbocycles. The van der Waals surface area contributed by atoms with E-state index in [-0.39, 0.29) is 54.8 Å². The number of rotatable bonds is 35. The molecule has 0 bridgehead atoms. The van der Waals surface area contributed by atoms with Gasteiger partial charge in [-0.2, -0.15) is 0 Å². The number of carbonyl (C=O) groups is 11. The molecular weight excluding hydrogens is 1080 g/mol. The van der Waals surface area contributed by atoms with Gasteiger partial charge in [-0.1, -0.05) is 109 Å². The van der Waals surface area contributed by atoms with Crippen molar-refractivity contribution >= 4 is 65.0 Å². The smallest absolute Gasteiger partial charge is 0.246 e. The summed E-state index contributed by atoms with van der Waals surface area (Å²) in [5.74, 6) is -8.54. The van der Waals surface area contributed by atoms with Crippen LogP contribution in [0.2, 0.25) is 0 Å². The molecule has 11 amide bonds. The molecule has 0 heterocycles. The largest absolute Gasteiger partial charge is 0.390 e. The van der Waals surface area contributed by atoms with E-state index >= 15 is 9.59 Å². The fraction of sp³-hybridized carbons (Fsp3) is 0.787. The molecule has 0 rings (SSSR count). The number of aliphatic hydroxyl groups excluding tert-OH is 1. The van der Waals surface area contributed by atoms with Crippen LogP contribution >= 0.6 is 0 Å². The van der Waals surface area contributed by atoms with Crippen LogP contribution in [-0.2, 0) is 52.7 Å². The molecule has 0 radical (unpaired) electrons. The third-order valence-corrected chi connectivity index (χ3v) is 16.0. The van der Waals surface area contributed by atoms with E-state index in [0.29, 0.717) is 19.3 Å². The van der Waals surface area contributed by atoms with Crippen molar-refractivity contribution < 1.29 is 57.8 Å². The molecule has 0 aliphatic rings. The van der Waals surface area contributed by atoms with Gasteiger partial charge in [0.2, 0.25) is 65.0 Å². The first-order chi connectivity index (χ1) is 38.7. The van der Waals surface area contributed by atoms with Crippen LogP contribution in [0.15, 0.2) is 12.2 Å². The molecule has 23 heteroatoms. The highest BCUT2D eigenvalue weighted by Gasteiger charge is 2.45. The van der Waals surface area contributed by atoms with Crippen LogP contribution in [0, 0.1) is 41.4 Å². The number of likely N-dealkylation sites (N-methyl/N-ethyl adjacent to an activating group) is 7. The topological polar surface area (TPSA) is 293 Å². The van der Waals surface area contributed by atoms with E-state index < -0.39 is 138 Å². The molecule has 0 fully saturated rings. The van der Waals surface area contributed by atoms with E-state index in [2.05, 4.69) is 16.0 Å². The Kier molecular flexibility index (Phi) is 33.4. The lowest BCUT2D eigenvalue weighted by Gasteiger charge is -2.41. The van der Waals surface area contributed by atoms with Crippen molar-refractivity contribution in [2.24, 2.45) is 47.2 Å². The second-order valence-electron chi connectivity index (χ2n) is 25.0. The van der Waals surface area contributed by atoms with Gasteiger partial charge in [0.25, 0.3) is 0 Å². The molecule has 2 unspecified atom stereocenters. The average molecular weight is 1190 g/mol. The quantitative estimate of drug-likeness (QED) is 0.0572. The Hall–Kier alpha value is -6.13. The third-order valence-electron chi connectivity index (χ3n) is 16.0. The zero-order valence-corrected chi connectivity index (χ0v) is 55.6. The van der Waals surface area contributed by atoms with E-state index in [1.165, 1.54) is 87.7 Å². The van der Waals surface area contributed by atoms with Crippen molar-refractivity contribution in [1.29, 1.82) is 0 Å². The Bertz CT molecular complexity index is 2260. The number of hydrogen-bond donors (Lipinski definition) is 5. The fourth-order valence-electron chi connectivity index (χ4n) is 10.4. The number of aliphatic hydroxyl groups is 1. The minimum atomic E-state index is -1.60. The van der Waals surface area contributed by atoms with Gasteiger partial charge in [0.05, 0.1) is 12.6 Å². The molecule has 0 aromatic heterocycles. The molecule has 0 aliphatic carbocycles. The molecule has 6 N–H and O–H groups in total. The number of nitrogens with one attached hydrogen (secondary N) is 3. The SMILES string of the molecule is C/C=C\C[C@@H](C)[C@H](O)C(C(=O)N[C@@H](CC)C(=O)N(C)CC(=O)N(C)[C@H](C(N)=O)C(C)CC)N(C)C(=O)[C@H](C(C)C)N(C)C(=O)[C@@H](CC(C)C)N(C)C(=O)[C@@H](CC(C)C)N(C)C(=O)[C@H](C)NC(=O)[C@@H](C)NC(=O)[C@H](C)N(C)C(=O)[C@H](C)CC(C)C. The Morgan fingerprint density at radius 3 is 1.38 bits per heavy atom. The van der Waals surface area contributed by atoms with Gasteiger partial charge in [0.1, 0.15) is 54.4 Å². The first kappa shape index (κ1) is 77.9. The maximum absolute atomic E-state index is 15.1. The number of nitrogens with two attached hydrogens (primary N) is 1. The molecule has 0 spiro atoms. The minimum Gasteiger partial charge on any atom is -0.390 e. The zero-order valence-electron chi connectivity index (χ0n) is 55.6. The number of hydrogen-bond acceptors (Lipinski definition) is 12. The molecule has 23 nitrogen and oxygen atoms in total. The van der Waals surface area contributed by atoms with E-state index in [1.54, 1.807) is 67.5 Å². The lowest BCUT2D eigenvalue weighted by atomic mass is 9.91. The van der Waals surface area contributed by atoms with Gasteiger partial charge in [-0.05, 0) is 95.3 Å². The first-order valence-corrected chi connectivity index (χ1v) is 30.0. The highest BCUT2D eigenvalue weighted by Crippen LogP contribution is 2.25. The highest BCUT2D eigenvalue weighted by molar-refractivity contribution is 5.98. The number of carbonyl (C=O) groups excluding carboxylic acids is 11. The van der Waals surface area contributed by atoms with Crippen LogP contribution in [0.5, 0.6) is 0 Å². The molecule has 0 saturated heterocycles. The Balaban J connectivity index is 6.98. The van der Waals surface area contributed by atoms with Gasteiger partial charge in [0, 0.05) is 55.3 Å². The second-order valence-corrected chi connectivity index (χ2v) is 25.0. The molecule has 0 aromatic rings. The van der Waals surface area contributed by atoms with Gasteiger partial charge >= 0.3 is 0 Å². The van der Waals surface area contributed by atoms with Gasteiger partial charge in [-0.25, -0.2) is 0 Å². The maximum atomic E-state index is 15.1. The van der Waals surface area contributed by atoms with E-state index in [0.717, 1.165) is 9.80 Å². The summed E-state index contributed by atoms with van der Waals surface area (Å²) in [4.78, 5) is 162. The van der Waals surface area contributed by atoms with Crippen molar-refractivity contribution in [2.45, 2.75) is 217 Å². The lowest BCUT2D eigenvalue weighted by molar-refractivity contribution is -0.157. The van der Waals surface area contributed by atoms with Gasteiger partial charge in [0.15, 0.2) is 0 Å². The van der Waals surface area contributed by atoms with Crippen LogP contribution in [0.1, 0.15) is 156 Å².